The van der Waals surface area contributed by atoms with Crippen molar-refractivity contribution in [2.75, 3.05) is 12.4 Å². The summed E-state index contributed by atoms with van der Waals surface area (Å²) in [7, 11) is 1.62. The van der Waals surface area contributed by atoms with Crippen LogP contribution in [0.15, 0.2) is 54.6 Å². The van der Waals surface area contributed by atoms with Crippen LogP contribution in [-0.4, -0.2) is 19.0 Å². The summed E-state index contributed by atoms with van der Waals surface area (Å²) in [5.41, 5.74) is 0.785. The van der Waals surface area contributed by atoms with Crippen molar-refractivity contribution in [3.8, 4) is 11.5 Å². The molecule has 0 aliphatic rings. The van der Waals surface area contributed by atoms with Crippen molar-refractivity contribution in [3.63, 3.8) is 0 Å². The Balaban J connectivity index is 2.16. The van der Waals surface area contributed by atoms with Gasteiger partial charge in [0.25, 0.3) is 0 Å². The number of para-hydroxylation sites is 3. The molecule has 1 amide bonds. The quantitative estimate of drug-likeness (QED) is 0.878. The molecule has 2 aromatic rings. The van der Waals surface area contributed by atoms with Crippen molar-refractivity contribution in [1.29, 1.82) is 0 Å². The molecule has 0 unspecified atom stereocenters. The molecule has 4 heteroatoms. The SMILES string of the molecule is CNC(=O)[C@@H](C)Nc1ccccc1Oc1ccccc1. The van der Waals surface area contributed by atoms with E-state index < -0.39 is 0 Å². The molecule has 0 spiro atoms. The number of anilines is 1. The summed E-state index contributed by atoms with van der Waals surface area (Å²) in [6.45, 7) is 1.80. The standard InChI is InChI=1S/C16H18N2O2/c1-12(16(19)17-2)18-14-10-6-7-11-15(14)20-13-8-4-3-5-9-13/h3-12,18H,1-2H3,(H,17,19)/t12-/m1/s1. The maximum atomic E-state index is 11.6. The molecule has 1 atom stereocenters. The topological polar surface area (TPSA) is 50.4 Å². The van der Waals surface area contributed by atoms with E-state index in [4.69, 9.17) is 4.74 Å². The van der Waals surface area contributed by atoms with E-state index in [-0.39, 0.29) is 11.9 Å². The average Bonchev–Trinajstić information content (AvgIpc) is 2.49. The minimum absolute atomic E-state index is 0.0699. The number of ether oxygens (including phenoxy) is 1. The molecular formula is C16H18N2O2. The molecule has 0 aliphatic heterocycles. The minimum Gasteiger partial charge on any atom is -0.455 e. The fraction of sp³-hybridized carbons (Fsp3) is 0.188. The van der Waals surface area contributed by atoms with Gasteiger partial charge < -0.3 is 15.4 Å². The third-order valence-electron chi connectivity index (χ3n) is 2.87. The highest BCUT2D eigenvalue weighted by atomic mass is 16.5. The summed E-state index contributed by atoms with van der Waals surface area (Å²) in [5, 5.41) is 5.76. The summed E-state index contributed by atoms with van der Waals surface area (Å²) >= 11 is 0. The van der Waals surface area contributed by atoms with Gasteiger partial charge in [0.15, 0.2) is 5.75 Å². The number of hydrogen-bond acceptors (Lipinski definition) is 3. The molecular weight excluding hydrogens is 252 g/mol. The number of nitrogens with one attached hydrogen (secondary N) is 2. The first-order valence-corrected chi connectivity index (χ1v) is 6.51. The summed E-state index contributed by atoms with van der Waals surface area (Å²) in [6, 6.07) is 16.8. The second-order valence-electron chi connectivity index (χ2n) is 4.39. The number of hydrogen-bond donors (Lipinski definition) is 2. The minimum atomic E-state index is -0.333. The van der Waals surface area contributed by atoms with Crippen LogP contribution in [0.5, 0.6) is 11.5 Å². The van der Waals surface area contributed by atoms with Crippen LogP contribution in [0.1, 0.15) is 6.92 Å². The third-order valence-corrected chi connectivity index (χ3v) is 2.87. The summed E-state index contributed by atoms with van der Waals surface area (Å²) < 4.78 is 5.83. The highest BCUT2D eigenvalue weighted by Gasteiger charge is 2.13. The third kappa shape index (κ3) is 3.51. The lowest BCUT2D eigenvalue weighted by atomic mass is 10.2. The molecule has 0 saturated carbocycles. The molecule has 0 aliphatic carbocycles. The number of carbonyl (C=O) groups excluding carboxylic acids is 1. The molecule has 4 nitrogen and oxygen atoms in total. The van der Waals surface area contributed by atoms with Crippen LogP contribution >= 0.6 is 0 Å². The molecule has 104 valence electrons. The van der Waals surface area contributed by atoms with Crippen LogP contribution in [0.3, 0.4) is 0 Å². The van der Waals surface area contributed by atoms with Crippen LogP contribution in [0.4, 0.5) is 5.69 Å². The Morgan fingerprint density at radius 2 is 1.70 bits per heavy atom. The fourth-order valence-electron chi connectivity index (χ4n) is 1.81. The van der Waals surface area contributed by atoms with Gasteiger partial charge in [0.1, 0.15) is 11.8 Å². The smallest absolute Gasteiger partial charge is 0.241 e. The Bertz CT molecular complexity index is 570. The molecule has 0 radical (unpaired) electrons. The maximum absolute atomic E-state index is 11.6. The van der Waals surface area contributed by atoms with Crippen LogP contribution in [0, 0.1) is 0 Å². The first kappa shape index (κ1) is 13.9. The van der Waals surface area contributed by atoms with E-state index in [9.17, 15) is 4.79 Å². The van der Waals surface area contributed by atoms with Crippen LogP contribution < -0.4 is 15.4 Å². The number of carbonyl (C=O) groups is 1. The predicted molar refractivity (Wildman–Crippen MR) is 80.1 cm³/mol. The molecule has 0 bridgehead atoms. The van der Waals surface area contributed by atoms with Crippen molar-refractivity contribution in [3.05, 3.63) is 54.6 Å². The van der Waals surface area contributed by atoms with Gasteiger partial charge in [-0.3, -0.25) is 4.79 Å². The zero-order valence-electron chi connectivity index (χ0n) is 11.6. The van der Waals surface area contributed by atoms with Gasteiger partial charge >= 0.3 is 0 Å². The lowest BCUT2D eigenvalue weighted by molar-refractivity contribution is -0.121. The Labute approximate surface area is 118 Å². The molecule has 2 aromatic carbocycles. The molecule has 0 heterocycles. The van der Waals surface area contributed by atoms with Gasteiger partial charge in [0.2, 0.25) is 5.91 Å². The van der Waals surface area contributed by atoms with Crippen molar-refractivity contribution in [2.45, 2.75) is 13.0 Å². The molecule has 2 rings (SSSR count). The first-order chi connectivity index (χ1) is 9.70. The van der Waals surface area contributed by atoms with Gasteiger partial charge in [-0.05, 0) is 31.2 Å². The Kier molecular flexibility index (Phi) is 4.60. The van der Waals surface area contributed by atoms with E-state index in [0.717, 1.165) is 11.4 Å². The Hall–Kier alpha value is -2.49. The van der Waals surface area contributed by atoms with Gasteiger partial charge in [-0.25, -0.2) is 0 Å². The van der Waals surface area contributed by atoms with Crippen molar-refractivity contribution in [2.24, 2.45) is 0 Å². The van der Waals surface area contributed by atoms with E-state index >= 15 is 0 Å². The van der Waals surface area contributed by atoms with E-state index in [1.54, 1.807) is 14.0 Å². The first-order valence-electron chi connectivity index (χ1n) is 6.51. The molecule has 20 heavy (non-hydrogen) atoms. The molecule has 0 saturated heterocycles. The Morgan fingerprint density at radius 1 is 1.05 bits per heavy atom. The molecule has 2 N–H and O–H groups in total. The summed E-state index contributed by atoms with van der Waals surface area (Å²) in [6.07, 6.45) is 0. The highest BCUT2D eigenvalue weighted by molar-refractivity contribution is 5.84. The van der Waals surface area contributed by atoms with E-state index in [2.05, 4.69) is 10.6 Å². The van der Waals surface area contributed by atoms with Crippen LogP contribution in [0.25, 0.3) is 0 Å². The second-order valence-corrected chi connectivity index (χ2v) is 4.39. The van der Waals surface area contributed by atoms with Crippen molar-refractivity contribution < 1.29 is 9.53 Å². The number of rotatable bonds is 5. The zero-order valence-corrected chi connectivity index (χ0v) is 11.6. The van der Waals surface area contributed by atoms with Gasteiger partial charge in [0.05, 0.1) is 5.69 Å². The van der Waals surface area contributed by atoms with Gasteiger partial charge in [-0.1, -0.05) is 30.3 Å². The normalized spacial score (nSPS) is 11.5. The lowest BCUT2D eigenvalue weighted by Crippen LogP contribution is -2.35. The summed E-state index contributed by atoms with van der Waals surface area (Å²) in [5.74, 6) is 1.38. The van der Waals surface area contributed by atoms with Crippen LogP contribution in [-0.2, 0) is 4.79 Å². The van der Waals surface area contributed by atoms with Crippen molar-refractivity contribution >= 4 is 11.6 Å². The lowest BCUT2D eigenvalue weighted by Gasteiger charge is -2.17. The zero-order chi connectivity index (χ0) is 14.4. The van der Waals surface area contributed by atoms with E-state index in [1.807, 2.05) is 54.6 Å². The molecule has 0 fully saturated rings. The second kappa shape index (κ2) is 6.61. The molecule has 0 aromatic heterocycles. The number of benzene rings is 2. The fourth-order valence-corrected chi connectivity index (χ4v) is 1.81. The number of amides is 1. The van der Waals surface area contributed by atoms with Gasteiger partial charge in [-0.15, -0.1) is 0 Å². The number of likely N-dealkylation sites (N-methyl/N-ethyl adjacent to an activating group) is 1. The predicted octanol–water partition coefficient (Wildman–Crippen LogP) is 3.03. The monoisotopic (exact) mass is 270 g/mol. The van der Waals surface area contributed by atoms with E-state index in [0.29, 0.717) is 5.75 Å². The van der Waals surface area contributed by atoms with Crippen LogP contribution in [0.2, 0.25) is 0 Å². The Morgan fingerprint density at radius 3 is 2.40 bits per heavy atom. The average molecular weight is 270 g/mol. The highest BCUT2D eigenvalue weighted by Crippen LogP contribution is 2.29. The van der Waals surface area contributed by atoms with Gasteiger partial charge in [0, 0.05) is 7.05 Å². The largest absolute Gasteiger partial charge is 0.455 e. The maximum Gasteiger partial charge on any atom is 0.241 e. The van der Waals surface area contributed by atoms with Gasteiger partial charge in [-0.2, -0.15) is 0 Å². The van der Waals surface area contributed by atoms with Crippen molar-refractivity contribution in [1.82, 2.24) is 5.32 Å². The summed E-state index contributed by atoms with van der Waals surface area (Å²) in [4.78, 5) is 11.6. The van der Waals surface area contributed by atoms with E-state index in [1.165, 1.54) is 0 Å².